The summed E-state index contributed by atoms with van der Waals surface area (Å²) in [6, 6.07) is 15.3. The largest absolute Gasteiger partial charge is 0.465 e. The Morgan fingerprint density at radius 1 is 1.03 bits per heavy atom. The van der Waals surface area contributed by atoms with Crippen molar-refractivity contribution in [2.75, 3.05) is 6.54 Å². The lowest BCUT2D eigenvalue weighted by Gasteiger charge is -2.39. The first-order chi connectivity index (χ1) is 17.4. The van der Waals surface area contributed by atoms with Gasteiger partial charge in [0, 0.05) is 33.9 Å². The number of unbranched alkanes of at least 4 members (excludes halogenated alkanes) is 1. The minimum absolute atomic E-state index is 0.163. The number of nitrogens with zero attached hydrogens (tertiary/aromatic N) is 1. The molecule has 192 valence electrons. The van der Waals surface area contributed by atoms with Crippen LogP contribution in [0, 0.1) is 0 Å². The molecule has 0 fully saturated rings. The van der Waals surface area contributed by atoms with Gasteiger partial charge < -0.3 is 15.2 Å². The van der Waals surface area contributed by atoms with Crippen molar-refractivity contribution in [2.45, 2.75) is 44.6 Å². The van der Waals surface area contributed by atoms with Crippen molar-refractivity contribution < 1.29 is 24.2 Å². The van der Waals surface area contributed by atoms with E-state index in [0.717, 1.165) is 19.8 Å². The van der Waals surface area contributed by atoms with Crippen molar-refractivity contribution in [2.24, 2.45) is 0 Å². The average Bonchev–Trinajstić information content (AvgIpc) is 3.57. The van der Waals surface area contributed by atoms with E-state index >= 15 is 0 Å². The first kappa shape index (κ1) is 27.9. The van der Waals surface area contributed by atoms with Crippen molar-refractivity contribution in [1.82, 2.24) is 15.5 Å². The molecule has 0 radical (unpaired) electrons. The fraction of sp³-hybridized carbons (Fsp3) is 0.320. The van der Waals surface area contributed by atoms with Gasteiger partial charge in [-0.25, -0.2) is 9.59 Å². The number of amides is 2. The highest BCUT2D eigenvalue weighted by atomic mass is 79.9. The van der Waals surface area contributed by atoms with Gasteiger partial charge in [-0.1, -0.05) is 40.2 Å². The van der Waals surface area contributed by atoms with Crippen molar-refractivity contribution in [1.29, 1.82) is 0 Å². The molecule has 3 N–H and O–H groups in total. The number of carbonyl (C=O) groups excluding carboxylic acids is 2. The molecule has 2 aromatic heterocycles. The second-order valence-corrected chi connectivity index (χ2v) is 11.1. The maximum Gasteiger partial charge on any atom is 0.407 e. The summed E-state index contributed by atoms with van der Waals surface area (Å²) in [6.45, 7) is 1.36. The van der Waals surface area contributed by atoms with Gasteiger partial charge in [-0.05, 0) is 59.9 Å². The lowest BCUT2D eigenvalue weighted by molar-refractivity contribution is -0.122. The summed E-state index contributed by atoms with van der Waals surface area (Å²) < 4.78 is 6.18. The predicted molar refractivity (Wildman–Crippen MR) is 144 cm³/mol. The Kier molecular flexibility index (Phi) is 10.9. The maximum atomic E-state index is 12.4. The first-order valence-corrected chi connectivity index (χ1v) is 13.9. The maximum absolute atomic E-state index is 12.4. The normalized spacial score (nSPS) is 12.6. The number of carboxylic acid groups (broad SMARTS) is 1. The number of thiophene rings is 2. The van der Waals surface area contributed by atoms with Crippen LogP contribution >= 0.6 is 38.6 Å². The highest BCUT2D eigenvalue weighted by molar-refractivity contribution is 9.10. The fourth-order valence-electron chi connectivity index (χ4n) is 3.66. The summed E-state index contributed by atoms with van der Waals surface area (Å²) in [5.74, 6) is 0. The van der Waals surface area contributed by atoms with E-state index in [1.807, 2.05) is 64.2 Å². The number of ether oxygens (including phenoxy) is 1. The van der Waals surface area contributed by atoms with Crippen molar-refractivity contribution >= 4 is 57.1 Å². The number of aldehydes is 1. The number of alkyl carbamates (subject to hydrolysis) is 1. The molecule has 0 aliphatic rings. The van der Waals surface area contributed by atoms with Gasteiger partial charge >= 0.3 is 12.2 Å². The van der Waals surface area contributed by atoms with Crippen LogP contribution in [0.25, 0.3) is 0 Å². The Hall–Kier alpha value is -2.73. The molecular weight excluding hydrogens is 566 g/mol. The molecule has 1 atom stereocenters. The van der Waals surface area contributed by atoms with Gasteiger partial charge in [0.25, 0.3) is 0 Å². The van der Waals surface area contributed by atoms with Gasteiger partial charge in [-0.2, -0.15) is 0 Å². The first-order valence-electron chi connectivity index (χ1n) is 11.3. The molecule has 2 heterocycles. The molecular formula is C25H28BrN3O5S2. The third-order valence-electron chi connectivity index (χ3n) is 5.47. The summed E-state index contributed by atoms with van der Waals surface area (Å²) in [4.78, 5) is 40.1. The highest BCUT2D eigenvalue weighted by Gasteiger charge is 2.38. The van der Waals surface area contributed by atoms with Crippen LogP contribution in [0.4, 0.5) is 9.59 Å². The van der Waals surface area contributed by atoms with Crippen LogP contribution in [-0.4, -0.2) is 40.7 Å². The van der Waals surface area contributed by atoms with Crippen molar-refractivity contribution in [3.63, 3.8) is 0 Å². The Balaban J connectivity index is 1.56. The van der Waals surface area contributed by atoms with Gasteiger partial charge in [-0.15, -0.1) is 22.7 Å². The molecule has 0 unspecified atom stereocenters. The third kappa shape index (κ3) is 8.74. The fourth-order valence-corrected chi connectivity index (χ4v) is 5.36. The number of benzene rings is 1. The zero-order valence-corrected chi connectivity index (χ0v) is 22.7. The van der Waals surface area contributed by atoms with Gasteiger partial charge in [0.15, 0.2) is 11.9 Å². The van der Waals surface area contributed by atoms with Gasteiger partial charge in [0.1, 0.15) is 6.61 Å². The van der Waals surface area contributed by atoms with Crippen LogP contribution < -0.4 is 10.6 Å². The van der Waals surface area contributed by atoms with Crippen LogP contribution in [0.15, 0.2) is 63.8 Å². The molecule has 0 bridgehead atoms. The number of hydrogen-bond acceptors (Lipinski definition) is 7. The third-order valence-corrected chi connectivity index (χ3v) is 7.72. The van der Waals surface area contributed by atoms with Gasteiger partial charge in [-0.3, -0.25) is 15.0 Å². The van der Waals surface area contributed by atoms with Crippen LogP contribution in [0.1, 0.15) is 34.6 Å². The van der Waals surface area contributed by atoms with Gasteiger partial charge in [0.05, 0.1) is 0 Å². The summed E-state index contributed by atoms with van der Waals surface area (Å²) in [5.41, 5.74) is -0.525. The van der Waals surface area contributed by atoms with Gasteiger partial charge in [0.2, 0.25) is 0 Å². The molecule has 0 saturated heterocycles. The van der Waals surface area contributed by atoms with Crippen molar-refractivity contribution in [3.05, 3.63) is 79.1 Å². The topological polar surface area (TPSA) is 108 Å². The quantitative estimate of drug-likeness (QED) is 0.123. The molecule has 0 saturated carbocycles. The van der Waals surface area contributed by atoms with E-state index in [0.29, 0.717) is 38.8 Å². The predicted octanol–water partition coefficient (Wildman–Crippen LogP) is 5.83. The molecule has 3 rings (SSSR count). The lowest BCUT2D eigenvalue weighted by Crippen LogP contribution is -2.61. The highest BCUT2D eigenvalue weighted by Crippen LogP contribution is 2.26. The zero-order valence-electron chi connectivity index (χ0n) is 19.5. The van der Waals surface area contributed by atoms with E-state index in [-0.39, 0.29) is 13.0 Å². The minimum Gasteiger partial charge on any atom is -0.465 e. The number of hydrogen-bond donors (Lipinski definition) is 3. The Morgan fingerprint density at radius 2 is 1.67 bits per heavy atom. The SMILES string of the molecule is O=C[C@@](CCCCNC(=O)OCc1ccc(Br)cc1)(NC(=O)O)N(Cc1cccs1)Cc1cccs1. The standard InChI is InChI=1S/C25H28BrN3O5S2/c26-20-9-7-19(8-10-20)17-34-24(33)27-12-2-1-11-25(18-30,28-23(31)32)29(15-21-5-3-13-35-21)16-22-6-4-14-36-22/h3-10,13-14,18,28H,1-2,11-12,15-17H2,(H,27,33)(H,31,32)/t25-/m0/s1. The molecule has 0 aliphatic carbocycles. The molecule has 36 heavy (non-hydrogen) atoms. The number of rotatable bonds is 14. The number of nitrogens with one attached hydrogen (secondary N) is 2. The smallest absolute Gasteiger partial charge is 0.407 e. The van der Waals surface area contributed by atoms with E-state index in [9.17, 15) is 19.5 Å². The molecule has 0 aliphatic heterocycles. The van der Waals surface area contributed by atoms with Crippen LogP contribution in [0.2, 0.25) is 0 Å². The average molecular weight is 595 g/mol. The second-order valence-electron chi connectivity index (χ2n) is 8.07. The Bertz CT molecular complexity index is 1060. The summed E-state index contributed by atoms with van der Waals surface area (Å²) in [6.07, 6.45) is 0.213. The minimum atomic E-state index is -1.40. The zero-order chi connectivity index (χ0) is 25.8. The monoisotopic (exact) mass is 593 g/mol. The van der Waals surface area contributed by atoms with Crippen molar-refractivity contribution in [3.8, 4) is 0 Å². The van der Waals surface area contributed by atoms with E-state index in [4.69, 9.17) is 4.74 Å². The number of halogens is 1. The summed E-state index contributed by atoms with van der Waals surface area (Å²) in [7, 11) is 0. The molecule has 0 spiro atoms. The van der Waals surface area contributed by atoms with E-state index in [1.54, 1.807) is 22.7 Å². The van der Waals surface area contributed by atoms with E-state index in [1.165, 1.54) is 0 Å². The Labute approximate surface area is 226 Å². The molecule has 2 amide bonds. The summed E-state index contributed by atoms with van der Waals surface area (Å²) in [5, 5.41) is 18.6. The van der Waals surface area contributed by atoms with E-state index in [2.05, 4.69) is 26.6 Å². The molecule has 11 heteroatoms. The second kappa shape index (κ2) is 14.1. The lowest BCUT2D eigenvalue weighted by atomic mass is 10.0. The van der Waals surface area contributed by atoms with E-state index < -0.39 is 17.8 Å². The van der Waals surface area contributed by atoms with Crippen LogP contribution in [0.5, 0.6) is 0 Å². The summed E-state index contributed by atoms with van der Waals surface area (Å²) >= 11 is 6.47. The van der Waals surface area contributed by atoms with Crippen LogP contribution in [0.3, 0.4) is 0 Å². The Morgan fingerprint density at radius 3 is 2.19 bits per heavy atom. The molecule has 8 nitrogen and oxygen atoms in total. The molecule has 1 aromatic carbocycles. The van der Waals surface area contributed by atoms with Crippen LogP contribution in [-0.2, 0) is 29.2 Å². The molecule has 3 aromatic rings. The number of carbonyl (C=O) groups is 3.